The van der Waals surface area contributed by atoms with Crippen molar-refractivity contribution >= 4 is 39.3 Å². The van der Waals surface area contributed by atoms with Gasteiger partial charge in [-0.1, -0.05) is 63.6 Å². The first kappa shape index (κ1) is 24.0. The van der Waals surface area contributed by atoms with Crippen molar-refractivity contribution < 1.29 is 14.3 Å². The zero-order chi connectivity index (χ0) is 23.4. The quantitative estimate of drug-likeness (QED) is 0.175. The Morgan fingerprint density at radius 1 is 1.30 bits per heavy atom. The van der Waals surface area contributed by atoms with E-state index >= 15 is 0 Å². The highest BCUT2D eigenvalue weighted by molar-refractivity contribution is 7.99. The number of rotatable bonds is 9. The minimum atomic E-state index is -0.288. The zero-order valence-electron chi connectivity index (χ0n) is 19.3. The van der Waals surface area contributed by atoms with Gasteiger partial charge in [0.05, 0.1) is 36.1 Å². The second-order valence-corrected chi connectivity index (χ2v) is 10.6. The Kier molecular flexibility index (Phi) is 7.88. The van der Waals surface area contributed by atoms with Crippen LogP contribution in [-0.2, 0) is 27.3 Å². The Labute approximate surface area is 202 Å². The number of hydrogen-bond donors (Lipinski definition) is 0. The van der Waals surface area contributed by atoms with Crippen molar-refractivity contribution in [2.24, 2.45) is 5.92 Å². The van der Waals surface area contributed by atoms with Gasteiger partial charge in [0.1, 0.15) is 4.83 Å². The number of carbonyl (C=O) groups excluding carboxylic acids is 1. The molecule has 1 atom stereocenters. The number of para-hydroxylation sites is 1. The summed E-state index contributed by atoms with van der Waals surface area (Å²) in [5, 5.41) is 1.18. The third kappa shape index (κ3) is 5.34. The fourth-order valence-corrected chi connectivity index (χ4v) is 5.92. The van der Waals surface area contributed by atoms with Gasteiger partial charge in [-0.3, -0.25) is 14.2 Å². The smallest absolute Gasteiger partial charge is 0.316 e. The first-order valence-electron chi connectivity index (χ1n) is 11.5. The predicted octanol–water partition coefficient (Wildman–Crippen LogP) is 5.37. The molecular formula is C25H30N2O4S2. The van der Waals surface area contributed by atoms with Crippen LogP contribution in [0.25, 0.3) is 15.9 Å². The van der Waals surface area contributed by atoms with E-state index in [9.17, 15) is 9.59 Å². The molecule has 3 heterocycles. The van der Waals surface area contributed by atoms with Gasteiger partial charge >= 0.3 is 5.97 Å². The summed E-state index contributed by atoms with van der Waals surface area (Å²) in [6.07, 6.45) is 3.79. The predicted molar refractivity (Wildman–Crippen MR) is 134 cm³/mol. The lowest BCUT2D eigenvalue weighted by molar-refractivity contribution is -0.140. The van der Waals surface area contributed by atoms with Crippen molar-refractivity contribution in [2.45, 2.75) is 64.3 Å². The lowest BCUT2D eigenvalue weighted by Crippen LogP contribution is -2.28. The van der Waals surface area contributed by atoms with Crippen molar-refractivity contribution in [3.8, 4) is 5.69 Å². The molecule has 33 heavy (non-hydrogen) atoms. The van der Waals surface area contributed by atoms with Crippen LogP contribution in [0.1, 0.15) is 50.5 Å². The van der Waals surface area contributed by atoms with Gasteiger partial charge in [-0.15, -0.1) is 11.3 Å². The number of benzene rings is 1. The fraction of sp³-hybridized carbons (Fsp3) is 0.480. The summed E-state index contributed by atoms with van der Waals surface area (Å²) in [7, 11) is 0. The minimum absolute atomic E-state index is 0.0908. The fourth-order valence-electron chi connectivity index (χ4n) is 3.94. The van der Waals surface area contributed by atoms with Gasteiger partial charge in [-0.05, 0) is 30.0 Å². The normalized spacial score (nSPS) is 15.7. The molecule has 0 amide bonds. The molecule has 2 aromatic heterocycles. The van der Waals surface area contributed by atoms with Gasteiger partial charge in [-0.2, -0.15) is 0 Å². The van der Waals surface area contributed by atoms with E-state index in [1.54, 1.807) is 4.57 Å². The summed E-state index contributed by atoms with van der Waals surface area (Å²) in [4.78, 5) is 32.7. The molecule has 0 aliphatic carbocycles. The molecule has 0 saturated heterocycles. The first-order chi connectivity index (χ1) is 16.0. The maximum Gasteiger partial charge on any atom is 0.316 e. The van der Waals surface area contributed by atoms with Crippen LogP contribution >= 0.6 is 23.1 Å². The number of carbonyl (C=O) groups is 1. The number of nitrogens with zero attached hydrogens (tertiary/aromatic N) is 2. The van der Waals surface area contributed by atoms with E-state index in [0.29, 0.717) is 34.5 Å². The molecule has 0 unspecified atom stereocenters. The molecule has 1 aliphatic rings. The van der Waals surface area contributed by atoms with E-state index in [-0.39, 0.29) is 23.4 Å². The highest BCUT2D eigenvalue weighted by atomic mass is 32.2. The Bertz CT molecular complexity index is 1170. The van der Waals surface area contributed by atoms with Crippen molar-refractivity contribution in [1.82, 2.24) is 9.55 Å². The molecule has 0 saturated carbocycles. The van der Waals surface area contributed by atoms with Crippen LogP contribution in [0.4, 0.5) is 0 Å². The van der Waals surface area contributed by atoms with Gasteiger partial charge in [0.2, 0.25) is 0 Å². The Morgan fingerprint density at radius 3 is 2.82 bits per heavy atom. The number of aromatic nitrogens is 2. The number of ether oxygens (including phenoxy) is 2. The van der Waals surface area contributed by atoms with Gasteiger partial charge in [0, 0.05) is 11.3 Å². The molecule has 1 aromatic carbocycles. The van der Waals surface area contributed by atoms with E-state index in [1.165, 1.54) is 23.1 Å². The number of thioether (sulfide) groups is 1. The maximum absolute atomic E-state index is 13.8. The Hall–Kier alpha value is -2.16. The molecule has 1 aliphatic heterocycles. The van der Waals surface area contributed by atoms with E-state index in [1.807, 2.05) is 30.3 Å². The topological polar surface area (TPSA) is 70.4 Å². The van der Waals surface area contributed by atoms with Gasteiger partial charge in [-0.25, -0.2) is 4.98 Å². The molecule has 0 fully saturated rings. The molecule has 0 bridgehead atoms. The van der Waals surface area contributed by atoms with Crippen molar-refractivity contribution in [2.75, 3.05) is 12.4 Å². The van der Waals surface area contributed by atoms with Crippen LogP contribution in [-0.4, -0.2) is 34.0 Å². The summed E-state index contributed by atoms with van der Waals surface area (Å²) in [6, 6.07) is 9.49. The number of fused-ring (bicyclic) bond motifs is 3. The lowest BCUT2D eigenvalue weighted by atomic mass is 9.96. The maximum atomic E-state index is 13.8. The third-order valence-corrected chi connectivity index (χ3v) is 7.81. The van der Waals surface area contributed by atoms with E-state index in [2.05, 4.69) is 20.8 Å². The summed E-state index contributed by atoms with van der Waals surface area (Å²) in [5.74, 6) is 0.194. The molecule has 176 valence electrons. The average Bonchev–Trinajstić information content (AvgIpc) is 3.19. The van der Waals surface area contributed by atoms with E-state index in [4.69, 9.17) is 14.5 Å². The van der Waals surface area contributed by atoms with Crippen LogP contribution in [0.3, 0.4) is 0 Å². The van der Waals surface area contributed by atoms with Crippen LogP contribution in [0.2, 0.25) is 0 Å². The molecule has 4 rings (SSSR count). The molecule has 3 aromatic rings. The number of esters is 1. The minimum Gasteiger partial charge on any atom is -0.465 e. The highest BCUT2D eigenvalue weighted by Crippen LogP contribution is 2.36. The molecule has 0 N–H and O–H groups in total. The van der Waals surface area contributed by atoms with Gasteiger partial charge < -0.3 is 9.47 Å². The van der Waals surface area contributed by atoms with Crippen LogP contribution in [0, 0.1) is 5.92 Å². The summed E-state index contributed by atoms with van der Waals surface area (Å²) < 4.78 is 13.0. The molecule has 8 heteroatoms. The monoisotopic (exact) mass is 486 g/mol. The average molecular weight is 487 g/mol. The van der Waals surface area contributed by atoms with Crippen molar-refractivity contribution in [3.63, 3.8) is 0 Å². The molecule has 0 radical (unpaired) electrons. The summed E-state index contributed by atoms with van der Waals surface area (Å²) in [6.45, 7) is 7.33. The summed E-state index contributed by atoms with van der Waals surface area (Å²) in [5.41, 5.74) is 1.71. The van der Waals surface area contributed by atoms with Crippen molar-refractivity contribution in [3.05, 3.63) is 51.1 Å². The number of unbranched alkanes of at least 4 members (excludes halogenated alkanes) is 2. The summed E-state index contributed by atoms with van der Waals surface area (Å²) >= 11 is 2.77. The second kappa shape index (κ2) is 10.8. The molecule has 6 nitrogen and oxygen atoms in total. The standard InChI is InChI=1S/C25H30N2O4S2/c1-4-5-9-12-30-21(28)15-32-25-26-23-22(24(29)27(25)17-10-7-6-8-11-17)18-13-19(16(2)3)31-14-20(18)33-23/h6-8,10-11,16,19H,4-5,9,12-15H2,1-3H3/t19-/m1/s1. The number of thiophene rings is 1. The highest BCUT2D eigenvalue weighted by Gasteiger charge is 2.29. The molecular weight excluding hydrogens is 456 g/mol. The van der Waals surface area contributed by atoms with E-state index in [0.717, 1.165) is 41.8 Å². The van der Waals surface area contributed by atoms with Crippen LogP contribution in [0.5, 0.6) is 0 Å². The van der Waals surface area contributed by atoms with Crippen molar-refractivity contribution in [1.29, 1.82) is 0 Å². The van der Waals surface area contributed by atoms with E-state index < -0.39 is 0 Å². The Balaban J connectivity index is 1.69. The van der Waals surface area contributed by atoms with Gasteiger partial charge in [0.25, 0.3) is 5.56 Å². The largest absolute Gasteiger partial charge is 0.465 e. The van der Waals surface area contributed by atoms with Gasteiger partial charge in [0.15, 0.2) is 5.16 Å². The number of hydrogen-bond acceptors (Lipinski definition) is 7. The SMILES string of the molecule is CCCCCOC(=O)CSc1nc2sc3c(c2c(=O)n1-c1ccccc1)C[C@H](C(C)C)OC3. The van der Waals surface area contributed by atoms with Crippen LogP contribution in [0.15, 0.2) is 40.3 Å². The van der Waals surface area contributed by atoms with Crippen LogP contribution < -0.4 is 5.56 Å². The molecule has 0 spiro atoms. The Morgan fingerprint density at radius 2 is 2.09 bits per heavy atom. The second-order valence-electron chi connectivity index (χ2n) is 8.57. The third-order valence-electron chi connectivity index (χ3n) is 5.80. The zero-order valence-corrected chi connectivity index (χ0v) is 21.0. The lowest BCUT2D eigenvalue weighted by Gasteiger charge is -2.26. The first-order valence-corrected chi connectivity index (χ1v) is 13.3.